The topological polar surface area (TPSA) is 91.1 Å². The van der Waals surface area contributed by atoms with Crippen LogP contribution in [-0.4, -0.2) is 24.3 Å². The van der Waals surface area contributed by atoms with E-state index in [-0.39, 0.29) is 11.0 Å². The van der Waals surface area contributed by atoms with Crippen LogP contribution in [0, 0.1) is 6.92 Å². The first-order chi connectivity index (χ1) is 11.3. The van der Waals surface area contributed by atoms with Gasteiger partial charge in [-0.1, -0.05) is 38.6 Å². The third-order valence-corrected chi connectivity index (χ3v) is 4.52. The van der Waals surface area contributed by atoms with Crippen LogP contribution in [0.1, 0.15) is 37.9 Å². The van der Waals surface area contributed by atoms with Gasteiger partial charge in [0.1, 0.15) is 5.65 Å². The van der Waals surface area contributed by atoms with Crippen LogP contribution in [0.5, 0.6) is 0 Å². The van der Waals surface area contributed by atoms with Gasteiger partial charge in [-0.15, -0.1) is 10.2 Å². The van der Waals surface area contributed by atoms with Crippen molar-refractivity contribution in [2.75, 3.05) is 5.84 Å². The van der Waals surface area contributed by atoms with Gasteiger partial charge in [-0.25, -0.2) is 9.66 Å². The number of rotatable bonds is 3. The van der Waals surface area contributed by atoms with Gasteiger partial charge in [0.15, 0.2) is 5.82 Å². The normalized spacial score (nSPS) is 12.0. The Kier molecular flexibility index (Phi) is 4.08. The van der Waals surface area contributed by atoms with Crippen LogP contribution in [0.15, 0.2) is 34.3 Å². The molecule has 0 atom stereocenters. The molecule has 0 aromatic carbocycles. The van der Waals surface area contributed by atoms with Crippen molar-refractivity contribution in [2.45, 2.75) is 44.0 Å². The fraction of sp³-hybridized carbons (Fsp3) is 0.375. The fourth-order valence-corrected chi connectivity index (χ4v) is 3.11. The summed E-state index contributed by atoms with van der Waals surface area (Å²) in [6.45, 7) is 8.03. The lowest BCUT2D eigenvalue weighted by atomic mass is 9.96. The summed E-state index contributed by atoms with van der Waals surface area (Å²) in [7, 11) is 0. The number of nitrogens with two attached hydrogens (primary N) is 1. The van der Waals surface area contributed by atoms with E-state index in [1.807, 2.05) is 39.8 Å². The highest BCUT2D eigenvalue weighted by Crippen LogP contribution is 2.24. The fourth-order valence-electron chi connectivity index (χ4n) is 2.36. The van der Waals surface area contributed by atoms with Crippen LogP contribution < -0.4 is 11.4 Å². The van der Waals surface area contributed by atoms with Crippen molar-refractivity contribution in [3.63, 3.8) is 0 Å². The Morgan fingerprint density at radius 1 is 1.25 bits per heavy atom. The van der Waals surface area contributed by atoms with Crippen LogP contribution in [0.25, 0.3) is 5.65 Å². The molecule has 0 saturated heterocycles. The summed E-state index contributed by atoms with van der Waals surface area (Å²) in [5.41, 5.74) is 2.06. The van der Waals surface area contributed by atoms with Crippen molar-refractivity contribution in [1.29, 1.82) is 0 Å². The quantitative estimate of drug-likeness (QED) is 0.576. The maximum atomic E-state index is 12.2. The zero-order valence-corrected chi connectivity index (χ0v) is 15.0. The van der Waals surface area contributed by atoms with Crippen molar-refractivity contribution in [3.05, 3.63) is 51.8 Å². The van der Waals surface area contributed by atoms with E-state index in [1.165, 1.54) is 16.4 Å². The molecule has 0 amide bonds. The lowest BCUT2D eigenvalue weighted by Gasteiger charge is -2.16. The van der Waals surface area contributed by atoms with Gasteiger partial charge < -0.3 is 5.84 Å². The second kappa shape index (κ2) is 5.94. The number of hydrogen-bond donors (Lipinski definition) is 1. The third kappa shape index (κ3) is 3.14. The maximum absolute atomic E-state index is 12.2. The molecule has 0 aliphatic rings. The monoisotopic (exact) mass is 344 g/mol. The number of hydrogen-bond acceptors (Lipinski definition) is 6. The molecule has 7 nitrogen and oxygen atoms in total. The number of thioether (sulfide) groups is 1. The molecular weight excluding hydrogens is 324 g/mol. The van der Waals surface area contributed by atoms with E-state index in [0.29, 0.717) is 28.1 Å². The first-order valence-electron chi connectivity index (χ1n) is 7.58. The van der Waals surface area contributed by atoms with Crippen molar-refractivity contribution in [1.82, 2.24) is 24.3 Å². The van der Waals surface area contributed by atoms with Crippen LogP contribution >= 0.6 is 11.8 Å². The van der Waals surface area contributed by atoms with E-state index in [9.17, 15) is 4.79 Å². The standard InChI is InChI=1S/C16H20N6OS/c1-10-5-6-12-18-11(7-13(23)21(12)8-10)9-24-15-20-19-14(22(15)17)16(2,3)4/h5-8H,9,17H2,1-4H3. The van der Waals surface area contributed by atoms with Crippen molar-refractivity contribution in [3.8, 4) is 0 Å². The second-order valence-electron chi connectivity index (χ2n) is 6.74. The molecule has 2 N–H and O–H groups in total. The van der Waals surface area contributed by atoms with Gasteiger partial charge in [0.05, 0.1) is 5.69 Å². The summed E-state index contributed by atoms with van der Waals surface area (Å²) < 4.78 is 3.05. The molecule has 126 valence electrons. The molecule has 0 radical (unpaired) electrons. The zero-order valence-electron chi connectivity index (χ0n) is 14.1. The molecule has 0 aliphatic carbocycles. The molecule has 0 saturated carbocycles. The van der Waals surface area contributed by atoms with E-state index in [1.54, 1.807) is 16.7 Å². The number of aryl methyl sites for hydroxylation is 1. The summed E-state index contributed by atoms with van der Waals surface area (Å²) in [6.07, 6.45) is 1.79. The van der Waals surface area contributed by atoms with Gasteiger partial charge in [0.25, 0.3) is 5.56 Å². The Balaban J connectivity index is 1.85. The Hall–Kier alpha value is -2.35. The Morgan fingerprint density at radius 2 is 2.00 bits per heavy atom. The minimum Gasteiger partial charge on any atom is -0.336 e. The predicted molar refractivity (Wildman–Crippen MR) is 94.6 cm³/mol. The molecule has 3 aromatic heterocycles. The van der Waals surface area contributed by atoms with Crippen LogP contribution in [0.2, 0.25) is 0 Å². The third-order valence-electron chi connectivity index (χ3n) is 3.55. The van der Waals surface area contributed by atoms with Gasteiger partial charge >= 0.3 is 0 Å². The minimum atomic E-state index is -0.182. The van der Waals surface area contributed by atoms with E-state index in [2.05, 4.69) is 15.2 Å². The smallest absolute Gasteiger partial charge is 0.258 e. The van der Waals surface area contributed by atoms with E-state index < -0.39 is 0 Å². The largest absolute Gasteiger partial charge is 0.336 e. The second-order valence-corrected chi connectivity index (χ2v) is 7.68. The Morgan fingerprint density at radius 3 is 2.67 bits per heavy atom. The van der Waals surface area contributed by atoms with Crippen LogP contribution in [0.4, 0.5) is 0 Å². The molecule has 24 heavy (non-hydrogen) atoms. The Labute approximate surface area is 143 Å². The predicted octanol–water partition coefficient (Wildman–Crippen LogP) is 1.90. The molecule has 0 fully saturated rings. The lowest BCUT2D eigenvalue weighted by Crippen LogP contribution is -2.24. The van der Waals surface area contributed by atoms with Crippen molar-refractivity contribution >= 4 is 17.4 Å². The van der Waals surface area contributed by atoms with Gasteiger partial charge in [-0.2, -0.15) is 0 Å². The molecule has 0 aliphatic heterocycles. The van der Waals surface area contributed by atoms with Crippen LogP contribution in [-0.2, 0) is 11.2 Å². The van der Waals surface area contributed by atoms with E-state index >= 15 is 0 Å². The minimum absolute atomic E-state index is 0.0936. The lowest BCUT2D eigenvalue weighted by molar-refractivity contribution is 0.523. The SMILES string of the molecule is Cc1ccc2nc(CSc3nnc(C(C)(C)C)n3N)cc(=O)n2c1. The average Bonchev–Trinajstić information content (AvgIpc) is 2.87. The van der Waals surface area contributed by atoms with Gasteiger partial charge in [-0.05, 0) is 18.6 Å². The first-order valence-corrected chi connectivity index (χ1v) is 8.57. The highest BCUT2D eigenvalue weighted by molar-refractivity contribution is 7.98. The molecule has 3 rings (SSSR count). The van der Waals surface area contributed by atoms with Crippen LogP contribution in [0.3, 0.4) is 0 Å². The summed E-state index contributed by atoms with van der Waals surface area (Å²) in [5.74, 6) is 7.29. The molecule has 8 heteroatoms. The molecule has 3 aromatic rings. The summed E-state index contributed by atoms with van der Waals surface area (Å²) in [5, 5.41) is 8.89. The molecule has 0 spiro atoms. The van der Waals surface area contributed by atoms with Crippen molar-refractivity contribution in [2.24, 2.45) is 0 Å². The summed E-state index contributed by atoms with van der Waals surface area (Å²) in [6, 6.07) is 5.32. The van der Waals surface area contributed by atoms with E-state index in [0.717, 1.165) is 5.56 Å². The molecular formula is C16H20N6OS. The van der Waals surface area contributed by atoms with Gasteiger partial charge in [-0.3, -0.25) is 9.20 Å². The number of nitrogens with zero attached hydrogens (tertiary/aromatic N) is 5. The maximum Gasteiger partial charge on any atom is 0.258 e. The number of aromatic nitrogens is 5. The molecule has 3 heterocycles. The van der Waals surface area contributed by atoms with Gasteiger partial charge in [0.2, 0.25) is 5.16 Å². The van der Waals surface area contributed by atoms with Crippen molar-refractivity contribution < 1.29 is 0 Å². The Bertz CT molecular complexity index is 953. The summed E-state index contributed by atoms with van der Waals surface area (Å²) in [4.78, 5) is 16.7. The average molecular weight is 344 g/mol. The first kappa shape index (κ1) is 16.5. The zero-order chi connectivity index (χ0) is 17.5. The number of fused-ring (bicyclic) bond motifs is 1. The highest BCUT2D eigenvalue weighted by Gasteiger charge is 2.23. The summed E-state index contributed by atoms with van der Waals surface area (Å²) >= 11 is 1.41. The number of pyridine rings is 1. The molecule has 0 bridgehead atoms. The van der Waals surface area contributed by atoms with E-state index in [4.69, 9.17) is 5.84 Å². The molecule has 0 unspecified atom stereocenters. The highest BCUT2D eigenvalue weighted by atomic mass is 32.2. The number of nitrogen functional groups attached to an aromatic ring is 1. The van der Waals surface area contributed by atoms with Gasteiger partial charge in [0, 0.05) is 23.4 Å².